The predicted molar refractivity (Wildman–Crippen MR) is 61.7 cm³/mol. The summed E-state index contributed by atoms with van der Waals surface area (Å²) in [5.41, 5.74) is 0.0741. The van der Waals surface area contributed by atoms with E-state index in [1.807, 2.05) is 0 Å². The van der Waals surface area contributed by atoms with Gasteiger partial charge in [0, 0.05) is 36.9 Å². The van der Waals surface area contributed by atoms with Crippen LogP contribution < -0.4 is 4.74 Å². The van der Waals surface area contributed by atoms with Gasteiger partial charge in [-0.25, -0.2) is 0 Å². The lowest BCUT2D eigenvalue weighted by atomic mass is 10.4. The second-order valence-electron chi connectivity index (χ2n) is 2.85. The highest BCUT2D eigenvalue weighted by atomic mass is 16.6. The number of nitrogens with zero attached hydrogens (tertiary/aromatic N) is 3. The molecule has 0 aliphatic rings. The van der Waals surface area contributed by atoms with Crippen LogP contribution in [0.3, 0.4) is 0 Å². The molecule has 0 aliphatic carbocycles. The third-order valence-corrected chi connectivity index (χ3v) is 1.76. The molecule has 0 atom stereocenters. The van der Waals surface area contributed by atoms with Crippen LogP contribution in [0, 0.1) is 10.1 Å². The topological polar surface area (TPSA) is 78.1 Å². The van der Waals surface area contributed by atoms with Crippen LogP contribution in [0.2, 0.25) is 0 Å². The van der Waals surface area contributed by atoms with Crippen molar-refractivity contribution in [1.82, 2.24) is 9.97 Å². The molecule has 0 unspecified atom stereocenters. The van der Waals surface area contributed by atoms with E-state index in [-0.39, 0.29) is 5.69 Å². The SMILES string of the molecule is COc1ccncc1.O=[N+]([O-])c1ccncc1. The summed E-state index contributed by atoms with van der Waals surface area (Å²) >= 11 is 0. The number of rotatable bonds is 2. The van der Waals surface area contributed by atoms with E-state index in [0.717, 1.165) is 5.75 Å². The highest BCUT2D eigenvalue weighted by molar-refractivity contribution is 5.24. The molecule has 0 bridgehead atoms. The van der Waals surface area contributed by atoms with Crippen molar-refractivity contribution in [1.29, 1.82) is 0 Å². The first-order valence-corrected chi connectivity index (χ1v) is 4.72. The zero-order chi connectivity index (χ0) is 12.5. The smallest absolute Gasteiger partial charge is 0.272 e. The largest absolute Gasteiger partial charge is 0.497 e. The Morgan fingerprint density at radius 1 is 1.06 bits per heavy atom. The quantitative estimate of drug-likeness (QED) is 0.586. The number of methoxy groups -OCH3 is 1. The van der Waals surface area contributed by atoms with Gasteiger partial charge in [0.05, 0.1) is 12.0 Å². The van der Waals surface area contributed by atoms with E-state index in [9.17, 15) is 10.1 Å². The first-order chi connectivity index (χ1) is 8.24. The number of nitro groups is 1. The average molecular weight is 233 g/mol. The minimum absolute atomic E-state index is 0.0741. The number of pyridine rings is 2. The van der Waals surface area contributed by atoms with Crippen molar-refractivity contribution in [3.8, 4) is 5.75 Å². The van der Waals surface area contributed by atoms with Gasteiger partial charge in [0.2, 0.25) is 0 Å². The molecule has 0 N–H and O–H groups in total. The standard InChI is InChI=1S/C6H7NO.C5H4N2O2/c1-8-6-2-4-7-5-3-6;8-7(9)5-1-3-6-4-2-5/h2-5H,1H3;1-4H. The Balaban J connectivity index is 0.000000171. The van der Waals surface area contributed by atoms with Crippen molar-refractivity contribution in [2.75, 3.05) is 7.11 Å². The highest BCUT2D eigenvalue weighted by Crippen LogP contribution is 2.05. The maximum Gasteiger partial charge on any atom is 0.272 e. The second kappa shape index (κ2) is 6.89. The Labute approximate surface area is 98.1 Å². The molecule has 0 radical (unpaired) electrons. The van der Waals surface area contributed by atoms with Crippen LogP contribution in [0.4, 0.5) is 5.69 Å². The van der Waals surface area contributed by atoms with Crippen molar-refractivity contribution >= 4 is 5.69 Å². The zero-order valence-corrected chi connectivity index (χ0v) is 9.19. The Hall–Kier alpha value is -2.50. The van der Waals surface area contributed by atoms with Gasteiger partial charge in [-0.3, -0.25) is 20.1 Å². The van der Waals surface area contributed by atoms with E-state index in [2.05, 4.69) is 9.97 Å². The molecule has 0 saturated carbocycles. The van der Waals surface area contributed by atoms with E-state index >= 15 is 0 Å². The molecular weight excluding hydrogens is 222 g/mol. The van der Waals surface area contributed by atoms with Gasteiger partial charge < -0.3 is 4.74 Å². The molecule has 0 saturated heterocycles. The Morgan fingerprint density at radius 2 is 1.53 bits per heavy atom. The van der Waals surface area contributed by atoms with Crippen molar-refractivity contribution in [2.45, 2.75) is 0 Å². The summed E-state index contributed by atoms with van der Waals surface area (Å²) in [4.78, 5) is 17.0. The Bertz CT molecular complexity index is 448. The molecule has 17 heavy (non-hydrogen) atoms. The van der Waals surface area contributed by atoms with Gasteiger partial charge in [-0.1, -0.05) is 0 Å². The van der Waals surface area contributed by atoms with Gasteiger partial charge in [-0.2, -0.15) is 0 Å². The Morgan fingerprint density at radius 3 is 1.82 bits per heavy atom. The summed E-state index contributed by atoms with van der Waals surface area (Å²) in [6, 6.07) is 6.31. The fraction of sp³-hybridized carbons (Fsp3) is 0.0909. The zero-order valence-electron chi connectivity index (χ0n) is 9.19. The number of aromatic nitrogens is 2. The molecule has 0 aromatic carbocycles. The summed E-state index contributed by atoms with van der Waals surface area (Å²) in [5.74, 6) is 0.847. The van der Waals surface area contributed by atoms with Crippen LogP contribution >= 0.6 is 0 Å². The van der Waals surface area contributed by atoms with E-state index in [4.69, 9.17) is 4.74 Å². The molecule has 0 aliphatic heterocycles. The summed E-state index contributed by atoms with van der Waals surface area (Å²) in [6.45, 7) is 0. The van der Waals surface area contributed by atoms with Crippen LogP contribution in [0.5, 0.6) is 5.75 Å². The van der Waals surface area contributed by atoms with Crippen molar-refractivity contribution in [3.05, 3.63) is 59.2 Å². The van der Waals surface area contributed by atoms with E-state index in [0.29, 0.717) is 0 Å². The predicted octanol–water partition coefficient (Wildman–Crippen LogP) is 2.08. The summed E-state index contributed by atoms with van der Waals surface area (Å²) in [6.07, 6.45) is 6.16. The lowest BCUT2D eigenvalue weighted by Crippen LogP contribution is -1.85. The summed E-state index contributed by atoms with van der Waals surface area (Å²) in [5, 5.41) is 9.98. The van der Waals surface area contributed by atoms with Gasteiger partial charge in [-0.15, -0.1) is 0 Å². The summed E-state index contributed by atoms with van der Waals surface area (Å²) < 4.78 is 4.87. The van der Waals surface area contributed by atoms with Crippen LogP contribution in [-0.2, 0) is 0 Å². The van der Waals surface area contributed by atoms with E-state index in [1.54, 1.807) is 31.6 Å². The third-order valence-electron chi connectivity index (χ3n) is 1.76. The fourth-order valence-corrected chi connectivity index (χ4v) is 0.940. The third kappa shape index (κ3) is 4.70. The number of hydrogen-bond acceptors (Lipinski definition) is 5. The highest BCUT2D eigenvalue weighted by Gasteiger charge is 1.99. The van der Waals surface area contributed by atoms with E-state index < -0.39 is 4.92 Å². The molecule has 2 rings (SSSR count). The van der Waals surface area contributed by atoms with Crippen LogP contribution in [0.15, 0.2) is 49.1 Å². The molecule has 0 amide bonds. The molecule has 2 aromatic heterocycles. The molecule has 88 valence electrons. The maximum atomic E-state index is 9.98. The van der Waals surface area contributed by atoms with Gasteiger partial charge in [-0.05, 0) is 12.1 Å². The lowest BCUT2D eigenvalue weighted by Gasteiger charge is -1.93. The monoisotopic (exact) mass is 233 g/mol. The second-order valence-corrected chi connectivity index (χ2v) is 2.85. The molecular formula is C11H11N3O3. The summed E-state index contributed by atoms with van der Waals surface area (Å²) in [7, 11) is 1.63. The van der Waals surface area contributed by atoms with Crippen molar-refractivity contribution < 1.29 is 9.66 Å². The van der Waals surface area contributed by atoms with Crippen molar-refractivity contribution in [3.63, 3.8) is 0 Å². The molecule has 6 nitrogen and oxygen atoms in total. The molecule has 2 aromatic rings. The van der Waals surface area contributed by atoms with Gasteiger partial charge in [0.1, 0.15) is 5.75 Å². The minimum Gasteiger partial charge on any atom is -0.497 e. The number of hydrogen-bond donors (Lipinski definition) is 0. The fourth-order valence-electron chi connectivity index (χ4n) is 0.940. The van der Waals surface area contributed by atoms with Gasteiger partial charge in [0.25, 0.3) is 5.69 Å². The lowest BCUT2D eigenvalue weighted by molar-refractivity contribution is -0.384. The molecule has 0 fully saturated rings. The minimum atomic E-state index is -0.457. The molecule has 0 spiro atoms. The van der Waals surface area contributed by atoms with Gasteiger partial charge >= 0.3 is 0 Å². The Kier molecular flexibility index (Phi) is 5.09. The average Bonchev–Trinajstić information content (AvgIpc) is 2.41. The molecule has 6 heteroatoms. The van der Waals surface area contributed by atoms with Crippen LogP contribution in [0.25, 0.3) is 0 Å². The molecule has 2 heterocycles. The van der Waals surface area contributed by atoms with Crippen LogP contribution in [-0.4, -0.2) is 22.0 Å². The first-order valence-electron chi connectivity index (χ1n) is 4.72. The maximum absolute atomic E-state index is 9.98. The van der Waals surface area contributed by atoms with Gasteiger partial charge in [0.15, 0.2) is 0 Å². The van der Waals surface area contributed by atoms with Crippen LogP contribution in [0.1, 0.15) is 0 Å². The first kappa shape index (κ1) is 12.6. The number of ether oxygens (including phenoxy) is 1. The normalized spacial score (nSPS) is 8.76. The van der Waals surface area contributed by atoms with Crippen molar-refractivity contribution in [2.24, 2.45) is 0 Å². The van der Waals surface area contributed by atoms with E-state index in [1.165, 1.54) is 24.5 Å².